The van der Waals surface area contributed by atoms with E-state index >= 15 is 0 Å². The standard InChI is InChI=1S/C32H38O4SSi/c1-23-19-24(2)29(25(3)20-23)37(34,35)32-21-31(32,18-17-28(32)33)22-36-38(30(4,5)6,26-13-9-7-10-14-26)27-15-11-8-12-16-27/h7-16,19-20H,17-18,21-22H2,1-6H3/t31-,32+/m1/s1. The molecule has 0 saturated heterocycles. The average molecular weight is 547 g/mol. The monoisotopic (exact) mass is 546 g/mol. The third kappa shape index (κ3) is 3.71. The van der Waals surface area contributed by atoms with Gasteiger partial charge in [0.1, 0.15) is 4.75 Å². The summed E-state index contributed by atoms with van der Waals surface area (Å²) in [7, 11) is -6.76. The third-order valence-electron chi connectivity index (χ3n) is 8.91. The molecule has 38 heavy (non-hydrogen) atoms. The van der Waals surface area contributed by atoms with Gasteiger partial charge in [-0.1, -0.05) is 99.1 Å². The summed E-state index contributed by atoms with van der Waals surface area (Å²) in [6.07, 6.45) is 1.17. The minimum Gasteiger partial charge on any atom is -0.407 e. The van der Waals surface area contributed by atoms with Gasteiger partial charge >= 0.3 is 0 Å². The maximum atomic E-state index is 14.4. The number of benzene rings is 3. The van der Waals surface area contributed by atoms with E-state index in [1.54, 1.807) is 0 Å². The van der Waals surface area contributed by atoms with Gasteiger partial charge in [0.2, 0.25) is 0 Å². The fourth-order valence-corrected chi connectivity index (χ4v) is 14.8. The third-order valence-corrected chi connectivity index (χ3v) is 16.8. The average Bonchev–Trinajstić information content (AvgIpc) is 3.45. The van der Waals surface area contributed by atoms with Gasteiger partial charge in [-0.2, -0.15) is 0 Å². The topological polar surface area (TPSA) is 60.4 Å². The molecule has 3 aromatic carbocycles. The van der Waals surface area contributed by atoms with Crippen molar-refractivity contribution in [3.05, 3.63) is 89.5 Å². The predicted molar refractivity (Wildman–Crippen MR) is 155 cm³/mol. The van der Waals surface area contributed by atoms with Crippen molar-refractivity contribution >= 4 is 34.3 Å². The Kier molecular flexibility index (Phi) is 6.41. The summed E-state index contributed by atoms with van der Waals surface area (Å²) in [5.74, 6) is -0.150. The van der Waals surface area contributed by atoms with E-state index in [0.29, 0.717) is 28.9 Å². The van der Waals surface area contributed by atoms with E-state index in [2.05, 4.69) is 45.0 Å². The SMILES string of the molecule is Cc1cc(C)c(S(=O)(=O)[C@]23C[C@@]2(CO[Si](c2ccccc2)(c2ccccc2)C(C)(C)C)CCC3=O)c(C)c1. The Morgan fingerprint density at radius 2 is 1.37 bits per heavy atom. The number of hydrogen-bond acceptors (Lipinski definition) is 4. The first-order chi connectivity index (χ1) is 17.8. The van der Waals surface area contributed by atoms with Crippen LogP contribution in [0.25, 0.3) is 0 Å². The Labute approximate surface area is 228 Å². The molecule has 0 heterocycles. The number of Topliss-reactive ketones (excluding diaryl/α,β-unsaturated/α-hetero) is 1. The van der Waals surface area contributed by atoms with E-state index in [4.69, 9.17) is 4.43 Å². The summed E-state index contributed by atoms with van der Waals surface area (Å²) in [5.41, 5.74) is 1.75. The molecule has 3 aromatic rings. The molecule has 0 spiro atoms. The van der Waals surface area contributed by atoms with E-state index in [0.717, 1.165) is 15.9 Å². The van der Waals surface area contributed by atoms with Crippen LogP contribution in [-0.4, -0.2) is 33.9 Å². The molecule has 0 radical (unpaired) electrons. The van der Waals surface area contributed by atoms with Crippen molar-refractivity contribution in [1.82, 2.24) is 0 Å². The van der Waals surface area contributed by atoms with Gasteiger partial charge < -0.3 is 4.43 Å². The normalized spacial score (nSPS) is 23.4. The van der Waals surface area contributed by atoms with Crippen molar-refractivity contribution in [2.45, 2.75) is 75.5 Å². The number of rotatable bonds is 7. The van der Waals surface area contributed by atoms with Gasteiger partial charge in [0.05, 0.1) is 4.90 Å². The molecular weight excluding hydrogens is 509 g/mol. The van der Waals surface area contributed by atoms with E-state index in [1.807, 2.05) is 69.3 Å². The lowest BCUT2D eigenvalue weighted by Crippen LogP contribution is -2.67. The second-order valence-corrected chi connectivity index (χ2v) is 18.8. The minimum atomic E-state index is -3.90. The first-order valence-corrected chi connectivity index (χ1v) is 16.8. The van der Waals surface area contributed by atoms with Gasteiger partial charge in [0.25, 0.3) is 8.32 Å². The molecule has 4 nitrogen and oxygen atoms in total. The zero-order valence-electron chi connectivity index (χ0n) is 23.3. The van der Waals surface area contributed by atoms with Crippen LogP contribution >= 0.6 is 0 Å². The van der Waals surface area contributed by atoms with Crippen LogP contribution in [0.3, 0.4) is 0 Å². The number of hydrogen-bond donors (Lipinski definition) is 0. The lowest BCUT2D eigenvalue weighted by Gasteiger charge is -2.44. The van der Waals surface area contributed by atoms with Crippen molar-refractivity contribution in [2.75, 3.05) is 6.61 Å². The molecule has 5 rings (SSSR count). The molecule has 2 aliphatic rings. The molecule has 2 saturated carbocycles. The molecular formula is C32H38O4SSi. The lowest BCUT2D eigenvalue weighted by atomic mass is 10.1. The van der Waals surface area contributed by atoms with Crippen LogP contribution in [0.1, 0.15) is 56.7 Å². The summed E-state index contributed by atoms with van der Waals surface area (Å²) >= 11 is 0. The first-order valence-electron chi connectivity index (χ1n) is 13.4. The zero-order valence-corrected chi connectivity index (χ0v) is 25.1. The Morgan fingerprint density at radius 3 is 1.84 bits per heavy atom. The Bertz CT molecular complexity index is 1430. The number of ketones is 1. The first kappa shape index (κ1) is 27.0. The van der Waals surface area contributed by atoms with Crippen LogP contribution in [0.2, 0.25) is 5.04 Å². The van der Waals surface area contributed by atoms with Crippen LogP contribution in [0.5, 0.6) is 0 Å². The molecule has 0 bridgehead atoms. The largest absolute Gasteiger partial charge is 0.407 e. The van der Waals surface area contributed by atoms with Gasteiger partial charge in [-0.25, -0.2) is 8.42 Å². The second kappa shape index (κ2) is 9.00. The maximum Gasteiger partial charge on any atom is 0.261 e. The number of fused-ring (bicyclic) bond motifs is 1. The highest BCUT2D eigenvalue weighted by Crippen LogP contribution is 2.71. The van der Waals surface area contributed by atoms with E-state index in [-0.39, 0.29) is 23.8 Å². The summed E-state index contributed by atoms with van der Waals surface area (Å²) < 4.78 is 34.5. The van der Waals surface area contributed by atoms with Gasteiger partial charge in [0.15, 0.2) is 15.6 Å². The van der Waals surface area contributed by atoms with Crippen molar-refractivity contribution in [1.29, 1.82) is 0 Å². The lowest BCUT2D eigenvalue weighted by molar-refractivity contribution is -0.118. The summed E-state index contributed by atoms with van der Waals surface area (Å²) in [6, 6.07) is 24.5. The van der Waals surface area contributed by atoms with Crippen molar-refractivity contribution in [3.8, 4) is 0 Å². The van der Waals surface area contributed by atoms with Crippen LogP contribution in [0, 0.1) is 26.2 Å². The number of carbonyl (C=O) groups is 1. The van der Waals surface area contributed by atoms with Gasteiger partial charge in [-0.15, -0.1) is 0 Å². The van der Waals surface area contributed by atoms with Crippen molar-refractivity contribution < 1.29 is 17.6 Å². The van der Waals surface area contributed by atoms with Gasteiger partial charge in [0, 0.05) is 18.4 Å². The molecule has 0 N–H and O–H groups in total. The molecule has 0 aliphatic heterocycles. The maximum absolute atomic E-state index is 14.4. The minimum absolute atomic E-state index is 0.150. The summed E-state index contributed by atoms with van der Waals surface area (Å²) in [5, 5.41) is 2.08. The molecule has 2 atom stereocenters. The van der Waals surface area contributed by atoms with Crippen molar-refractivity contribution in [3.63, 3.8) is 0 Å². The summed E-state index contributed by atoms with van der Waals surface area (Å²) in [6.45, 7) is 12.5. The van der Waals surface area contributed by atoms with Crippen LogP contribution in [0.15, 0.2) is 77.7 Å². The number of carbonyl (C=O) groups excluding carboxylic acids is 1. The fraction of sp³-hybridized carbons (Fsp3) is 0.406. The Morgan fingerprint density at radius 1 is 0.868 bits per heavy atom. The number of aryl methyl sites for hydroxylation is 3. The van der Waals surface area contributed by atoms with E-state index in [1.165, 1.54) is 0 Å². The molecule has 0 amide bonds. The van der Waals surface area contributed by atoms with Crippen LogP contribution < -0.4 is 10.4 Å². The van der Waals surface area contributed by atoms with Crippen molar-refractivity contribution in [2.24, 2.45) is 5.41 Å². The van der Waals surface area contributed by atoms with E-state index < -0.39 is 28.3 Å². The second-order valence-electron chi connectivity index (χ2n) is 12.4. The van der Waals surface area contributed by atoms with Crippen LogP contribution in [-0.2, 0) is 19.1 Å². The fourth-order valence-electron chi connectivity index (χ4n) is 7.21. The summed E-state index contributed by atoms with van der Waals surface area (Å²) in [4.78, 5) is 13.8. The highest BCUT2D eigenvalue weighted by Gasteiger charge is 2.81. The molecule has 0 aromatic heterocycles. The number of sulfone groups is 1. The Balaban J connectivity index is 1.61. The zero-order chi connectivity index (χ0) is 27.6. The quantitative estimate of drug-likeness (QED) is 0.370. The van der Waals surface area contributed by atoms with Gasteiger partial charge in [-0.05, 0) is 60.2 Å². The molecule has 2 fully saturated rings. The Hall–Kier alpha value is -2.54. The smallest absolute Gasteiger partial charge is 0.261 e. The van der Waals surface area contributed by atoms with Crippen LogP contribution in [0.4, 0.5) is 0 Å². The molecule has 2 aliphatic carbocycles. The van der Waals surface area contributed by atoms with Gasteiger partial charge in [-0.3, -0.25) is 4.79 Å². The highest BCUT2D eigenvalue weighted by molar-refractivity contribution is 7.94. The molecule has 0 unspecified atom stereocenters. The molecule has 200 valence electrons. The van der Waals surface area contributed by atoms with E-state index in [9.17, 15) is 13.2 Å². The predicted octanol–water partition coefficient (Wildman–Crippen LogP) is 5.45. The highest BCUT2D eigenvalue weighted by atomic mass is 32.2. The molecule has 6 heteroatoms.